The molecule has 3 aliphatic rings. The van der Waals surface area contributed by atoms with E-state index in [-0.39, 0.29) is 35.4 Å². The van der Waals surface area contributed by atoms with Crippen molar-refractivity contribution in [3.8, 4) is 11.5 Å². The van der Waals surface area contributed by atoms with Crippen LogP contribution in [0.25, 0.3) is 6.08 Å². The Hall–Kier alpha value is -3.04. The van der Waals surface area contributed by atoms with Gasteiger partial charge in [-0.05, 0) is 112 Å². The van der Waals surface area contributed by atoms with Crippen LogP contribution in [-0.4, -0.2) is 56.9 Å². The van der Waals surface area contributed by atoms with E-state index in [4.69, 9.17) is 10.2 Å². The lowest BCUT2D eigenvalue weighted by Crippen LogP contribution is -2.64. The molecule has 1 saturated heterocycles. The molecule has 1 heterocycles. The summed E-state index contributed by atoms with van der Waals surface area (Å²) in [5, 5.41) is 32.2. The zero-order valence-electron chi connectivity index (χ0n) is 23.7. The molecule has 2 aromatic rings. The molecule has 2 aromatic carbocycles. The number of amides is 1. The Morgan fingerprint density at radius 3 is 2.49 bits per heavy atom. The lowest BCUT2D eigenvalue weighted by atomic mass is 9.65. The number of piperidine rings is 1. The Bertz CT molecular complexity index is 1230. The molecule has 1 amide bonds. The van der Waals surface area contributed by atoms with Gasteiger partial charge in [-0.2, -0.15) is 13.2 Å². The molecule has 6 nitrogen and oxygen atoms in total. The number of aromatic hydroxyl groups is 2. The van der Waals surface area contributed by atoms with Crippen molar-refractivity contribution < 1.29 is 33.3 Å². The number of benzene rings is 2. The van der Waals surface area contributed by atoms with Gasteiger partial charge < -0.3 is 20.6 Å². The number of phenolic OH excluding ortho intramolecular Hbond substituents is 2. The fourth-order valence-electron chi connectivity index (χ4n) is 6.34. The Labute approximate surface area is 239 Å². The highest BCUT2D eigenvalue weighted by molar-refractivity contribution is 5.91. The number of phenols is 2. The van der Waals surface area contributed by atoms with Gasteiger partial charge in [-0.3, -0.25) is 9.69 Å². The van der Waals surface area contributed by atoms with Crippen LogP contribution in [0.3, 0.4) is 0 Å². The molecule has 1 aliphatic heterocycles. The number of aryl methyl sites for hydroxylation is 1. The zero-order chi connectivity index (χ0) is 29.8. The summed E-state index contributed by atoms with van der Waals surface area (Å²) in [5.41, 5.74) is -0.158. The van der Waals surface area contributed by atoms with E-state index in [0.717, 1.165) is 56.0 Å². The summed E-state index contributed by atoms with van der Waals surface area (Å²) in [5.74, 6) is 0.518. The van der Waals surface area contributed by atoms with Gasteiger partial charge in [-0.25, -0.2) is 0 Å². The number of likely N-dealkylation sites (tertiary alicyclic amines) is 1. The van der Waals surface area contributed by atoms with E-state index in [1.807, 2.05) is 6.92 Å². The van der Waals surface area contributed by atoms with Crippen molar-refractivity contribution in [2.75, 3.05) is 13.1 Å². The first-order chi connectivity index (χ1) is 19.4. The number of alkyl halides is 3. The van der Waals surface area contributed by atoms with Gasteiger partial charge in [0, 0.05) is 24.7 Å². The monoisotopic (exact) mass is 574 g/mol. The maximum absolute atomic E-state index is 12.9. The molecule has 9 heteroatoms. The fourth-order valence-corrected chi connectivity index (χ4v) is 6.34. The van der Waals surface area contributed by atoms with Gasteiger partial charge in [0.15, 0.2) is 11.5 Å². The summed E-state index contributed by atoms with van der Waals surface area (Å²) in [6.07, 6.45) is 4.89. The number of aliphatic hydroxyl groups is 1. The normalized spacial score (nSPS) is 26.6. The molecule has 4 atom stereocenters. The highest BCUT2D eigenvalue weighted by Gasteiger charge is 2.52. The molecular formula is C32H41F3N2O4. The second kappa shape index (κ2) is 12.9. The Balaban J connectivity index is 0.000000367. The van der Waals surface area contributed by atoms with Crippen molar-refractivity contribution >= 4 is 12.0 Å². The summed E-state index contributed by atoms with van der Waals surface area (Å²) >= 11 is 0. The molecule has 3 fully saturated rings. The third-order valence-electron chi connectivity index (χ3n) is 8.65. The minimum absolute atomic E-state index is 0.0218. The summed E-state index contributed by atoms with van der Waals surface area (Å²) < 4.78 is 38.6. The van der Waals surface area contributed by atoms with Gasteiger partial charge >= 0.3 is 6.18 Å². The van der Waals surface area contributed by atoms with E-state index in [1.165, 1.54) is 43.2 Å². The van der Waals surface area contributed by atoms with Crippen molar-refractivity contribution in [2.45, 2.75) is 82.7 Å². The Morgan fingerprint density at radius 1 is 1.10 bits per heavy atom. The van der Waals surface area contributed by atoms with Crippen LogP contribution in [0.15, 0.2) is 48.5 Å². The fraction of sp³-hybridized carbons (Fsp3) is 0.531. The number of fused-ring (bicyclic) bond motifs is 1. The number of hydrogen-bond donors (Lipinski definition) is 4. The average molecular weight is 575 g/mol. The maximum Gasteiger partial charge on any atom is 0.416 e. The van der Waals surface area contributed by atoms with Gasteiger partial charge in [0.1, 0.15) is 0 Å². The zero-order valence-corrected chi connectivity index (χ0v) is 23.7. The van der Waals surface area contributed by atoms with E-state index in [0.29, 0.717) is 18.4 Å². The van der Waals surface area contributed by atoms with E-state index in [9.17, 15) is 23.1 Å². The second-order valence-corrected chi connectivity index (χ2v) is 11.8. The quantitative estimate of drug-likeness (QED) is 0.250. The van der Waals surface area contributed by atoms with Crippen LogP contribution >= 0.6 is 0 Å². The standard InChI is InChI=1S/C25H33F3N2O2.C7H8O2/c1-2-22-24(32)12-10-21(15-19(24)11-13-30(22)16-18-6-7-18)29-23(31)9-8-17-4-3-5-20(14-17)25(26,27)28;1-5-2-3-6(8)7(9)4-5/h3-5,8-9,14,18-19,21-22,32H,2,6-7,10-13,15-16H2,1H3,(H,29,31);2-4,8-9H,1H3/b9-8+;/t19?,21?,22-,24?;/m1./s1. The topological polar surface area (TPSA) is 93.0 Å². The summed E-state index contributed by atoms with van der Waals surface area (Å²) in [7, 11) is 0. The van der Waals surface area contributed by atoms with Gasteiger partial charge in [0.2, 0.25) is 5.91 Å². The summed E-state index contributed by atoms with van der Waals surface area (Å²) in [6.45, 7) is 6.09. The molecule has 4 N–H and O–H groups in total. The SMILES string of the molecule is CC[C@H]1N(CC2CC2)CCC2CC(NC(=O)/C=C/c3cccc(C(F)(F)F)c3)CCC21O.Cc1ccc(O)c(O)c1. The third-order valence-corrected chi connectivity index (χ3v) is 8.65. The van der Waals surface area contributed by atoms with Gasteiger partial charge in [-0.1, -0.05) is 25.1 Å². The number of hydrogen-bond acceptors (Lipinski definition) is 5. The minimum atomic E-state index is -4.41. The molecule has 5 rings (SSSR count). The summed E-state index contributed by atoms with van der Waals surface area (Å²) in [6, 6.07) is 9.79. The van der Waals surface area contributed by atoms with Crippen molar-refractivity contribution in [3.05, 3.63) is 65.2 Å². The number of carbonyl (C=O) groups is 1. The number of halogens is 3. The molecule has 2 saturated carbocycles. The smallest absolute Gasteiger partial charge is 0.416 e. The van der Waals surface area contributed by atoms with Crippen LogP contribution in [0, 0.1) is 18.8 Å². The molecule has 41 heavy (non-hydrogen) atoms. The van der Waals surface area contributed by atoms with Gasteiger partial charge in [0.05, 0.1) is 11.2 Å². The lowest BCUT2D eigenvalue weighted by Gasteiger charge is -2.55. The molecule has 224 valence electrons. The third kappa shape index (κ3) is 8.04. The molecule has 0 spiro atoms. The number of carbonyl (C=O) groups excluding carboxylic acids is 1. The van der Waals surface area contributed by atoms with Crippen LogP contribution in [0.4, 0.5) is 13.2 Å². The first kappa shape index (κ1) is 30.9. The molecular weight excluding hydrogens is 533 g/mol. The predicted octanol–water partition coefficient (Wildman–Crippen LogP) is 6.04. The molecule has 0 bridgehead atoms. The minimum Gasteiger partial charge on any atom is -0.504 e. The Morgan fingerprint density at radius 2 is 1.85 bits per heavy atom. The van der Waals surface area contributed by atoms with E-state index < -0.39 is 17.3 Å². The van der Waals surface area contributed by atoms with E-state index >= 15 is 0 Å². The van der Waals surface area contributed by atoms with Crippen LogP contribution in [0.2, 0.25) is 0 Å². The highest BCUT2D eigenvalue weighted by Crippen LogP contribution is 2.45. The van der Waals surface area contributed by atoms with Crippen LogP contribution in [0.1, 0.15) is 68.6 Å². The van der Waals surface area contributed by atoms with Gasteiger partial charge in [0.25, 0.3) is 0 Å². The Kier molecular flexibility index (Phi) is 9.70. The highest BCUT2D eigenvalue weighted by atomic mass is 19.4. The first-order valence-corrected chi connectivity index (χ1v) is 14.5. The number of nitrogens with one attached hydrogen (secondary N) is 1. The van der Waals surface area contributed by atoms with Crippen LogP contribution < -0.4 is 5.32 Å². The summed E-state index contributed by atoms with van der Waals surface area (Å²) in [4.78, 5) is 14.9. The van der Waals surface area contributed by atoms with Crippen molar-refractivity contribution in [1.82, 2.24) is 10.2 Å². The molecule has 0 radical (unpaired) electrons. The van der Waals surface area contributed by atoms with Crippen LogP contribution in [0.5, 0.6) is 11.5 Å². The van der Waals surface area contributed by atoms with Crippen molar-refractivity contribution in [1.29, 1.82) is 0 Å². The van der Waals surface area contributed by atoms with Gasteiger partial charge in [-0.15, -0.1) is 0 Å². The van der Waals surface area contributed by atoms with Crippen molar-refractivity contribution in [2.24, 2.45) is 11.8 Å². The largest absolute Gasteiger partial charge is 0.504 e. The van der Waals surface area contributed by atoms with Crippen LogP contribution in [-0.2, 0) is 11.0 Å². The molecule has 3 unspecified atom stereocenters. The second-order valence-electron chi connectivity index (χ2n) is 11.8. The number of rotatable bonds is 6. The average Bonchev–Trinajstić information content (AvgIpc) is 3.74. The molecule has 2 aliphatic carbocycles. The lowest BCUT2D eigenvalue weighted by molar-refractivity contribution is -0.148. The molecule has 0 aromatic heterocycles. The predicted molar refractivity (Wildman–Crippen MR) is 152 cm³/mol. The first-order valence-electron chi connectivity index (χ1n) is 14.5. The van der Waals surface area contributed by atoms with Crippen molar-refractivity contribution in [3.63, 3.8) is 0 Å². The maximum atomic E-state index is 12.9. The van der Waals surface area contributed by atoms with E-state index in [2.05, 4.69) is 17.1 Å². The number of nitrogens with zero attached hydrogens (tertiary/aromatic N) is 1. The van der Waals surface area contributed by atoms with E-state index in [1.54, 1.807) is 12.1 Å².